The van der Waals surface area contributed by atoms with Gasteiger partial charge in [-0.3, -0.25) is 0 Å². The van der Waals surface area contributed by atoms with Crippen molar-refractivity contribution < 1.29 is 16.8 Å². The van der Waals surface area contributed by atoms with Crippen LogP contribution in [0.3, 0.4) is 0 Å². The van der Waals surface area contributed by atoms with Gasteiger partial charge in [-0.25, -0.2) is 26.8 Å². The lowest BCUT2D eigenvalue weighted by Gasteiger charge is -2.19. The average Bonchev–Trinajstić information content (AvgIpc) is 3.87. The van der Waals surface area contributed by atoms with E-state index in [1.807, 2.05) is 62.4 Å². The van der Waals surface area contributed by atoms with Crippen molar-refractivity contribution in [3.8, 4) is 23.7 Å². The Kier molecular flexibility index (Phi) is 10.00. The topological polar surface area (TPSA) is 109 Å². The summed E-state index contributed by atoms with van der Waals surface area (Å²) in [5.41, 5.74) is 3.80. The minimum atomic E-state index is -3.55. The molecule has 4 atom stereocenters. The number of nitrogens with one attached hydrogen (secondary N) is 1. The van der Waals surface area contributed by atoms with Crippen molar-refractivity contribution in [3.63, 3.8) is 0 Å². The molecule has 0 bridgehead atoms. The molecule has 4 unspecified atom stereocenters. The highest BCUT2D eigenvalue weighted by Gasteiger charge is 2.61. The van der Waals surface area contributed by atoms with Crippen LogP contribution in [0.15, 0.2) is 107 Å². The fourth-order valence-corrected chi connectivity index (χ4v) is 8.48. The lowest BCUT2D eigenvalue weighted by Crippen LogP contribution is -2.31. The summed E-state index contributed by atoms with van der Waals surface area (Å²) in [4.78, 5) is 8.91. The molecule has 4 aliphatic rings. The number of aryl methyl sites for hydroxylation is 2. The summed E-state index contributed by atoms with van der Waals surface area (Å²) in [7, 11) is -1.89. The van der Waals surface area contributed by atoms with Gasteiger partial charge in [0, 0.05) is 48.1 Å². The van der Waals surface area contributed by atoms with Crippen LogP contribution in [0.1, 0.15) is 35.4 Å². The summed E-state index contributed by atoms with van der Waals surface area (Å²) >= 11 is 0. The lowest BCUT2D eigenvalue weighted by atomic mass is 10.1. The van der Waals surface area contributed by atoms with Gasteiger partial charge in [0.1, 0.15) is 11.4 Å². The Balaban J connectivity index is 0.000000141. The largest absolute Gasteiger partial charge is 0.315 e. The molecule has 49 heavy (non-hydrogen) atoms. The summed E-state index contributed by atoms with van der Waals surface area (Å²) in [5.74, 6) is 14.1. The number of halogens is 1. The second-order valence-corrected chi connectivity index (χ2v) is 17.5. The molecule has 4 heterocycles. The average molecular weight is 713 g/mol. The van der Waals surface area contributed by atoms with Crippen LogP contribution < -0.4 is 5.32 Å². The van der Waals surface area contributed by atoms with Gasteiger partial charge < -0.3 is 5.32 Å². The molecule has 4 aromatic rings. The molecule has 0 amide bonds. The normalized spacial score (nSPS) is 24.6. The first kappa shape index (κ1) is 34.8. The standard InChI is InChI=1S/C19H18N2O2S.C12H12N2.C7H7ClO2S/c1-15-5-7-18(8-6-15)24(22,23)21-13-16-12-19(16,14-21)10-9-17-4-2-3-11-20-17;1-2-6-14-11(3-1)4-5-12-7-10(12)8-13-9-12;1-6-2-4-7(5-3-6)11(8,9)10/h2-8,11,16H,12-14H2,1H3;1-3,6,10,13H,7-9H2;2-5H,1H3. The first-order valence-corrected chi connectivity index (χ1v) is 19.8. The molecule has 8 rings (SSSR count). The fraction of sp³-hybridized carbons (Fsp3) is 0.316. The van der Waals surface area contributed by atoms with Crippen LogP contribution in [0.2, 0.25) is 0 Å². The van der Waals surface area contributed by atoms with E-state index in [0.29, 0.717) is 29.3 Å². The monoisotopic (exact) mass is 712 g/mol. The van der Waals surface area contributed by atoms with Gasteiger partial charge in [-0.2, -0.15) is 4.31 Å². The summed E-state index contributed by atoms with van der Waals surface area (Å²) in [6, 6.07) is 24.9. The van der Waals surface area contributed by atoms with Gasteiger partial charge in [0.05, 0.1) is 15.2 Å². The Morgan fingerprint density at radius 2 is 1.27 bits per heavy atom. The van der Waals surface area contributed by atoms with E-state index in [1.165, 1.54) is 18.6 Å². The molecule has 0 spiro atoms. The zero-order valence-corrected chi connectivity index (χ0v) is 29.7. The number of fused-ring (bicyclic) bond motifs is 2. The van der Waals surface area contributed by atoms with Crippen molar-refractivity contribution in [2.45, 2.75) is 36.5 Å². The number of rotatable bonds is 3. The molecule has 2 saturated carbocycles. The van der Waals surface area contributed by atoms with Crippen LogP contribution in [0.25, 0.3) is 0 Å². The summed E-state index contributed by atoms with van der Waals surface area (Å²) in [6.07, 6.45) is 5.76. The van der Waals surface area contributed by atoms with Gasteiger partial charge in [-0.05, 0) is 105 Å². The van der Waals surface area contributed by atoms with Gasteiger partial charge in [-0.15, -0.1) is 0 Å². The van der Waals surface area contributed by atoms with E-state index in [-0.39, 0.29) is 10.3 Å². The van der Waals surface area contributed by atoms with Gasteiger partial charge >= 0.3 is 0 Å². The van der Waals surface area contributed by atoms with Crippen molar-refractivity contribution >= 4 is 29.8 Å². The maximum Gasteiger partial charge on any atom is 0.261 e. The molecular weight excluding hydrogens is 676 g/mol. The van der Waals surface area contributed by atoms with E-state index < -0.39 is 19.1 Å². The zero-order valence-electron chi connectivity index (χ0n) is 27.3. The van der Waals surface area contributed by atoms with E-state index in [9.17, 15) is 16.8 Å². The highest BCUT2D eigenvalue weighted by molar-refractivity contribution is 8.13. The second kappa shape index (κ2) is 14.1. The Morgan fingerprint density at radius 3 is 1.73 bits per heavy atom. The third-order valence-corrected chi connectivity index (χ3v) is 12.5. The molecule has 4 fully saturated rings. The predicted molar refractivity (Wildman–Crippen MR) is 190 cm³/mol. The number of pyridine rings is 2. The number of benzene rings is 2. The van der Waals surface area contributed by atoms with Crippen LogP contribution in [-0.2, 0) is 19.1 Å². The maximum absolute atomic E-state index is 12.8. The van der Waals surface area contributed by atoms with Crippen LogP contribution in [0.5, 0.6) is 0 Å². The summed E-state index contributed by atoms with van der Waals surface area (Å²) < 4.78 is 48.6. The van der Waals surface area contributed by atoms with Gasteiger partial charge in [0.25, 0.3) is 9.05 Å². The van der Waals surface area contributed by atoms with E-state index >= 15 is 0 Å². The van der Waals surface area contributed by atoms with Crippen LogP contribution in [-0.4, -0.2) is 57.3 Å². The number of piperidine rings is 2. The van der Waals surface area contributed by atoms with Crippen LogP contribution >= 0.6 is 10.7 Å². The smallest absolute Gasteiger partial charge is 0.261 e. The van der Waals surface area contributed by atoms with Crippen molar-refractivity contribution in [2.24, 2.45) is 22.7 Å². The number of hydrogen-bond donors (Lipinski definition) is 1. The zero-order chi connectivity index (χ0) is 34.7. The van der Waals surface area contributed by atoms with Crippen molar-refractivity contribution in [1.82, 2.24) is 19.6 Å². The molecule has 8 nitrogen and oxygen atoms in total. The lowest BCUT2D eigenvalue weighted by molar-refractivity contribution is 0.430. The molecule has 2 saturated heterocycles. The Labute approximate surface area is 293 Å². The molecule has 252 valence electrons. The molecule has 11 heteroatoms. The predicted octanol–water partition coefficient (Wildman–Crippen LogP) is 5.42. The Bertz CT molecular complexity index is 2140. The minimum Gasteiger partial charge on any atom is -0.315 e. The van der Waals surface area contributed by atoms with E-state index in [0.717, 1.165) is 47.9 Å². The summed E-state index contributed by atoms with van der Waals surface area (Å²) in [6.45, 7) is 7.09. The van der Waals surface area contributed by atoms with Crippen LogP contribution in [0.4, 0.5) is 0 Å². The van der Waals surface area contributed by atoms with E-state index in [2.05, 4.69) is 39.0 Å². The Morgan fingerprint density at radius 1 is 0.735 bits per heavy atom. The molecule has 2 aliphatic carbocycles. The highest BCUT2D eigenvalue weighted by Crippen LogP contribution is 2.58. The first-order chi connectivity index (χ1) is 23.4. The Hall–Kier alpha value is -4.03. The van der Waals surface area contributed by atoms with E-state index in [4.69, 9.17) is 10.7 Å². The molecule has 1 N–H and O–H groups in total. The van der Waals surface area contributed by atoms with Gasteiger partial charge in [0.2, 0.25) is 10.0 Å². The number of hydrogen-bond acceptors (Lipinski definition) is 7. The quantitative estimate of drug-likeness (QED) is 0.223. The van der Waals surface area contributed by atoms with Crippen molar-refractivity contribution in [3.05, 3.63) is 120 Å². The fourth-order valence-electron chi connectivity index (χ4n) is 6.16. The molecule has 2 aliphatic heterocycles. The highest BCUT2D eigenvalue weighted by atomic mass is 35.7. The summed E-state index contributed by atoms with van der Waals surface area (Å²) in [5, 5.41) is 3.38. The first-order valence-electron chi connectivity index (χ1n) is 16.1. The molecule has 2 aromatic carbocycles. The van der Waals surface area contributed by atoms with E-state index in [1.54, 1.807) is 41.0 Å². The SMILES string of the molecule is C(#CC12CNCC1C2)c1ccccn1.Cc1ccc(S(=O)(=O)Cl)cc1.Cc1ccc(S(=O)(=O)N2CC3CC3(C#Cc3ccccn3)C2)cc1. The molecule has 0 radical (unpaired) electrons. The number of nitrogens with zero attached hydrogens (tertiary/aromatic N) is 3. The third kappa shape index (κ3) is 8.41. The van der Waals surface area contributed by atoms with Gasteiger partial charge in [0.15, 0.2) is 0 Å². The minimum absolute atomic E-state index is 0.143. The van der Waals surface area contributed by atoms with Crippen molar-refractivity contribution in [2.75, 3.05) is 26.2 Å². The molecular formula is C38H37ClN4O4S2. The number of aromatic nitrogens is 2. The molecule has 2 aromatic heterocycles. The van der Waals surface area contributed by atoms with Gasteiger partial charge in [-0.1, -0.05) is 59.4 Å². The third-order valence-electron chi connectivity index (χ3n) is 9.35. The van der Waals surface area contributed by atoms with Crippen LogP contribution in [0, 0.1) is 60.2 Å². The maximum atomic E-state index is 12.8. The second-order valence-electron chi connectivity index (χ2n) is 13.0. The number of sulfonamides is 1. The van der Waals surface area contributed by atoms with Crippen molar-refractivity contribution in [1.29, 1.82) is 0 Å².